The first kappa shape index (κ1) is 23.2. The Morgan fingerprint density at radius 3 is 1.78 bits per heavy atom. The molecular weight excluding hydrogens is 496 g/mol. The molecule has 0 unspecified atom stereocenters. The predicted molar refractivity (Wildman–Crippen MR) is 180 cm³/mol. The third-order valence-electron chi connectivity index (χ3n) is 10.3. The lowest BCUT2D eigenvalue weighted by molar-refractivity contribution is 0.358. The van der Waals surface area contributed by atoms with Crippen LogP contribution in [0.1, 0.15) is 26.3 Å². The van der Waals surface area contributed by atoms with Crippen molar-refractivity contribution in [2.45, 2.75) is 26.0 Å². The molecule has 0 atom stereocenters. The Balaban J connectivity index is 1.33. The van der Waals surface area contributed by atoms with Crippen LogP contribution in [0.2, 0.25) is 0 Å². The molecule has 0 saturated heterocycles. The average molecular weight is 525 g/mol. The van der Waals surface area contributed by atoms with Gasteiger partial charge in [0, 0.05) is 44.1 Å². The van der Waals surface area contributed by atoms with E-state index in [4.69, 9.17) is 4.98 Å². The molecule has 9 aromatic rings. The van der Waals surface area contributed by atoms with Gasteiger partial charge in [-0.25, -0.2) is 0 Å². The van der Waals surface area contributed by atoms with Gasteiger partial charge in [-0.15, -0.1) is 0 Å². The lowest BCUT2D eigenvalue weighted by Gasteiger charge is -2.39. The molecule has 0 aliphatic carbocycles. The molecule has 41 heavy (non-hydrogen) atoms. The quantitative estimate of drug-likeness (QED) is 0.216. The van der Waals surface area contributed by atoms with E-state index >= 15 is 0 Å². The van der Waals surface area contributed by atoms with Gasteiger partial charge in [-0.2, -0.15) is 0 Å². The van der Waals surface area contributed by atoms with E-state index in [0.717, 1.165) is 11.3 Å². The third-order valence-corrected chi connectivity index (χ3v) is 10.3. The molecule has 4 aromatic carbocycles. The molecular formula is C36H29B2N3. The monoisotopic (exact) mass is 525 g/mol. The number of rotatable bonds is 2. The summed E-state index contributed by atoms with van der Waals surface area (Å²) in [6, 6.07) is 33.7. The zero-order valence-corrected chi connectivity index (χ0v) is 24.1. The molecule has 0 spiro atoms. The minimum atomic E-state index is 0.0309. The number of hydrogen-bond acceptors (Lipinski definition) is 1. The van der Waals surface area contributed by atoms with Gasteiger partial charge >= 0.3 is 0 Å². The average Bonchev–Trinajstić information content (AvgIpc) is 3.69. The van der Waals surface area contributed by atoms with Gasteiger partial charge in [-0.3, -0.25) is 4.98 Å². The standard InChI is InChI=1S/C36H29B2N3/c1-35(2,3)36(37,38)21-15-16-28(39-19-21)20-14-17-30-27(18-20)24-10-7-12-26-32(24)41(30)34-25-11-6-9-23-22-8-4-5-13-29(22)40(31(23)25)33(26)34/h4-19H,37-38H2,1-3H3. The second-order valence-electron chi connectivity index (χ2n) is 13.3. The summed E-state index contributed by atoms with van der Waals surface area (Å²) in [5, 5.41) is 7.86. The molecule has 3 nitrogen and oxygen atoms in total. The van der Waals surface area contributed by atoms with E-state index in [9.17, 15) is 0 Å². The van der Waals surface area contributed by atoms with Crippen molar-refractivity contribution in [2.24, 2.45) is 5.41 Å². The van der Waals surface area contributed by atoms with Gasteiger partial charge in [0.05, 0.1) is 38.8 Å². The van der Waals surface area contributed by atoms with Crippen molar-refractivity contribution in [1.29, 1.82) is 0 Å². The molecule has 0 aliphatic rings. The maximum atomic E-state index is 4.96. The highest BCUT2D eigenvalue weighted by atomic mass is 15.0. The lowest BCUT2D eigenvalue weighted by Crippen LogP contribution is -2.41. The summed E-state index contributed by atoms with van der Waals surface area (Å²) >= 11 is 0. The lowest BCUT2D eigenvalue weighted by atomic mass is 9.41. The number of para-hydroxylation sites is 3. The van der Waals surface area contributed by atoms with Crippen LogP contribution < -0.4 is 0 Å². The summed E-state index contributed by atoms with van der Waals surface area (Å²) in [6.45, 7) is 6.90. The summed E-state index contributed by atoms with van der Waals surface area (Å²) in [4.78, 5) is 4.96. The fraction of sp³-hybridized carbons (Fsp3) is 0.139. The van der Waals surface area contributed by atoms with Crippen molar-refractivity contribution in [3.8, 4) is 11.3 Å². The highest BCUT2D eigenvalue weighted by Crippen LogP contribution is 2.46. The van der Waals surface area contributed by atoms with E-state index in [1.165, 1.54) is 71.0 Å². The molecule has 9 rings (SSSR count). The molecule has 5 aromatic heterocycles. The second-order valence-corrected chi connectivity index (χ2v) is 13.3. The predicted octanol–water partition coefficient (Wildman–Crippen LogP) is 7.36. The Bertz CT molecular complexity index is 2470. The zero-order chi connectivity index (χ0) is 27.8. The van der Waals surface area contributed by atoms with Crippen LogP contribution in [-0.2, 0) is 5.21 Å². The summed E-state index contributed by atoms with van der Waals surface area (Å²) < 4.78 is 5.01. The van der Waals surface area contributed by atoms with E-state index in [2.05, 4.69) is 142 Å². The fourth-order valence-corrected chi connectivity index (χ4v) is 7.17. The van der Waals surface area contributed by atoms with Gasteiger partial charge in [0.25, 0.3) is 0 Å². The topological polar surface area (TPSA) is 21.7 Å². The Kier molecular flexibility index (Phi) is 4.20. The largest absolute Gasteiger partial charge is 0.306 e. The SMILES string of the molecule is BC(B)(c1ccc(-c2ccc3c(c2)c2cccc4c2n3c2c3cccc5c6ccccc6n(c53)c42)nc1)C(C)(C)C. The summed E-state index contributed by atoms with van der Waals surface area (Å²) in [5.74, 6) is 0. The third kappa shape index (κ3) is 2.74. The molecule has 0 saturated carbocycles. The van der Waals surface area contributed by atoms with Crippen molar-refractivity contribution in [3.63, 3.8) is 0 Å². The van der Waals surface area contributed by atoms with Gasteiger partial charge in [0.2, 0.25) is 0 Å². The Morgan fingerprint density at radius 2 is 1.15 bits per heavy atom. The van der Waals surface area contributed by atoms with E-state index in [0.29, 0.717) is 0 Å². The van der Waals surface area contributed by atoms with Gasteiger partial charge in [0.15, 0.2) is 0 Å². The highest BCUT2D eigenvalue weighted by Gasteiger charge is 2.34. The van der Waals surface area contributed by atoms with Crippen LogP contribution in [0.15, 0.2) is 97.2 Å². The van der Waals surface area contributed by atoms with Crippen LogP contribution in [0.25, 0.3) is 76.7 Å². The van der Waals surface area contributed by atoms with Crippen LogP contribution in [0.3, 0.4) is 0 Å². The summed E-state index contributed by atoms with van der Waals surface area (Å²) in [6.07, 6.45) is 2.07. The van der Waals surface area contributed by atoms with Crippen molar-refractivity contribution in [1.82, 2.24) is 13.8 Å². The number of aromatic nitrogens is 3. The van der Waals surface area contributed by atoms with E-state index < -0.39 is 0 Å². The molecule has 5 heterocycles. The van der Waals surface area contributed by atoms with Crippen LogP contribution in [0.4, 0.5) is 0 Å². The van der Waals surface area contributed by atoms with Gasteiger partial charge in [0.1, 0.15) is 15.7 Å². The number of fused-ring (bicyclic) bond motifs is 11. The number of benzene rings is 4. The van der Waals surface area contributed by atoms with E-state index in [-0.39, 0.29) is 10.6 Å². The Labute approximate surface area is 239 Å². The van der Waals surface area contributed by atoms with Crippen molar-refractivity contribution >= 4 is 81.1 Å². The van der Waals surface area contributed by atoms with Crippen LogP contribution in [-0.4, -0.2) is 29.5 Å². The number of hydrogen-bond donors (Lipinski definition) is 0. The maximum Gasteiger partial charge on any atom is 0.105 e. The van der Waals surface area contributed by atoms with Crippen LogP contribution in [0, 0.1) is 5.41 Å². The molecule has 0 amide bonds. The van der Waals surface area contributed by atoms with Crippen molar-refractivity contribution in [2.75, 3.05) is 0 Å². The first-order valence-corrected chi connectivity index (χ1v) is 14.6. The minimum absolute atomic E-state index is 0.0309. The molecule has 0 aliphatic heterocycles. The first-order valence-electron chi connectivity index (χ1n) is 14.6. The van der Waals surface area contributed by atoms with E-state index in [1.54, 1.807) is 0 Å². The molecule has 194 valence electrons. The minimum Gasteiger partial charge on any atom is -0.306 e. The molecule has 5 heteroatoms. The van der Waals surface area contributed by atoms with Gasteiger partial charge in [-0.05, 0) is 35.2 Å². The smallest absolute Gasteiger partial charge is 0.105 e. The molecule has 0 N–H and O–H groups in total. The number of nitrogens with zero attached hydrogens (tertiary/aromatic N) is 3. The first-order chi connectivity index (χ1) is 19.8. The normalized spacial score (nSPS) is 13.4. The van der Waals surface area contributed by atoms with E-state index in [1.807, 2.05) is 0 Å². The zero-order valence-electron chi connectivity index (χ0n) is 24.1. The van der Waals surface area contributed by atoms with Crippen molar-refractivity contribution < 1.29 is 0 Å². The van der Waals surface area contributed by atoms with Crippen LogP contribution >= 0.6 is 0 Å². The Morgan fingerprint density at radius 1 is 0.561 bits per heavy atom. The highest BCUT2D eigenvalue weighted by molar-refractivity contribution is 6.40. The van der Waals surface area contributed by atoms with Gasteiger partial charge < -0.3 is 8.80 Å². The van der Waals surface area contributed by atoms with Gasteiger partial charge in [-0.1, -0.05) is 92.7 Å². The Hall–Kier alpha value is -4.50. The number of pyridine rings is 1. The molecule has 0 fully saturated rings. The molecule has 0 bridgehead atoms. The maximum absolute atomic E-state index is 4.96. The second kappa shape index (κ2) is 7.41. The summed E-state index contributed by atoms with van der Waals surface area (Å²) in [5.41, 5.74) is 11.4. The summed E-state index contributed by atoms with van der Waals surface area (Å²) in [7, 11) is 4.62. The van der Waals surface area contributed by atoms with Crippen LogP contribution in [0.5, 0.6) is 0 Å². The molecule has 0 radical (unpaired) electrons. The van der Waals surface area contributed by atoms with Crippen molar-refractivity contribution in [3.05, 3.63) is 103 Å². The fourth-order valence-electron chi connectivity index (χ4n) is 7.17.